The lowest BCUT2D eigenvalue weighted by Crippen LogP contribution is -2.53. The first kappa shape index (κ1) is 14.2. The molecule has 2 rings (SSSR count). The molecule has 2 atom stereocenters. The molecular weight excluding hydrogens is 244 g/mol. The van der Waals surface area contributed by atoms with Crippen molar-refractivity contribution in [2.24, 2.45) is 5.92 Å². The van der Waals surface area contributed by atoms with Gasteiger partial charge in [-0.15, -0.1) is 0 Å². The molecule has 1 aliphatic carbocycles. The van der Waals surface area contributed by atoms with Crippen LogP contribution < -0.4 is 5.32 Å². The van der Waals surface area contributed by atoms with Crippen molar-refractivity contribution in [2.45, 2.75) is 64.0 Å². The van der Waals surface area contributed by atoms with Gasteiger partial charge in [0, 0.05) is 12.6 Å². The standard InChI is InChI=1S/C14H24N2O3/c1-10(11-6-5-7-11)15-14(19)16-9-4-2-3-8-12(16)13(17)18/h10-12H,2-9H2,1H3,(H,15,19)(H,17,18). The first-order chi connectivity index (χ1) is 9.09. The molecule has 2 aliphatic rings. The monoisotopic (exact) mass is 268 g/mol. The molecule has 2 unspecified atom stereocenters. The van der Waals surface area contributed by atoms with Crippen molar-refractivity contribution in [2.75, 3.05) is 6.54 Å². The van der Waals surface area contributed by atoms with Crippen molar-refractivity contribution in [1.82, 2.24) is 10.2 Å². The van der Waals surface area contributed by atoms with E-state index in [-0.39, 0.29) is 12.1 Å². The minimum absolute atomic E-state index is 0.152. The van der Waals surface area contributed by atoms with E-state index >= 15 is 0 Å². The number of rotatable bonds is 3. The second-order valence-corrected chi connectivity index (χ2v) is 5.83. The van der Waals surface area contributed by atoms with E-state index in [1.165, 1.54) is 24.2 Å². The van der Waals surface area contributed by atoms with E-state index in [9.17, 15) is 14.7 Å². The summed E-state index contributed by atoms with van der Waals surface area (Å²) in [7, 11) is 0. The number of urea groups is 1. The van der Waals surface area contributed by atoms with Crippen LogP contribution in [0.25, 0.3) is 0 Å². The molecule has 108 valence electrons. The normalized spacial score (nSPS) is 26.2. The van der Waals surface area contributed by atoms with Crippen molar-refractivity contribution in [3.05, 3.63) is 0 Å². The Morgan fingerprint density at radius 3 is 2.47 bits per heavy atom. The van der Waals surface area contributed by atoms with Crippen molar-refractivity contribution >= 4 is 12.0 Å². The summed E-state index contributed by atoms with van der Waals surface area (Å²) < 4.78 is 0. The van der Waals surface area contributed by atoms with Crippen LogP contribution in [0.4, 0.5) is 4.79 Å². The third-order valence-corrected chi connectivity index (χ3v) is 4.51. The molecular formula is C14H24N2O3. The molecule has 0 radical (unpaired) electrons. The highest BCUT2D eigenvalue weighted by atomic mass is 16.4. The van der Waals surface area contributed by atoms with Crippen LogP contribution in [0.2, 0.25) is 0 Å². The Balaban J connectivity index is 1.95. The Morgan fingerprint density at radius 1 is 1.16 bits per heavy atom. The third kappa shape index (κ3) is 3.39. The topological polar surface area (TPSA) is 69.6 Å². The Hall–Kier alpha value is -1.26. The molecule has 1 aliphatic heterocycles. The summed E-state index contributed by atoms with van der Waals surface area (Å²) in [5.74, 6) is -0.312. The van der Waals surface area contributed by atoms with E-state index in [0.717, 1.165) is 19.3 Å². The molecule has 0 spiro atoms. The van der Waals surface area contributed by atoms with E-state index in [1.807, 2.05) is 6.92 Å². The van der Waals surface area contributed by atoms with Crippen LogP contribution >= 0.6 is 0 Å². The summed E-state index contributed by atoms with van der Waals surface area (Å²) >= 11 is 0. The van der Waals surface area contributed by atoms with Crippen molar-refractivity contribution in [3.8, 4) is 0 Å². The maximum atomic E-state index is 12.3. The average molecular weight is 268 g/mol. The fourth-order valence-corrected chi connectivity index (χ4v) is 2.94. The maximum absolute atomic E-state index is 12.3. The summed E-state index contributed by atoms with van der Waals surface area (Å²) in [6.07, 6.45) is 6.94. The van der Waals surface area contributed by atoms with E-state index in [0.29, 0.717) is 18.9 Å². The number of amides is 2. The number of aliphatic carboxylic acids is 1. The van der Waals surface area contributed by atoms with Crippen LogP contribution in [-0.2, 0) is 4.79 Å². The number of nitrogens with one attached hydrogen (secondary N) is 1. The van der Waals surface area contributed by atoms with Crippen LogP contribution in [-0.4, -0.2) is 40.6 Å². The van der Waals surface area contributed by atoms with Gasteiger partial charge in [0.2, 0.25) is 0 Å². The quantitative estimate of drug-likeness (QED) is 0.824. The second-order valence-electron chi connectivity index (χ2n) is 5.83. The number of carboxylic acid groups (broad SMARTS) is 1. The predicted molar refractivity (Wildman–Crippen MR) is 71.9 cm³/mol. The van der Waals surface area contributed by atoms with E-state index in [2.05, 4.69) is 5.32 Å². The van der Waals surface area contributed by atoms with Crippen LogP contribution in [0.15, 0.2) is 0 Å². The maximum Gasteiger partial charge on any atom is 0.326 e. The molecule has 1 saturated carbocycles. The smallest absolute Gasteiger partial charge is 0.326 e. The highest BCUT2D eigenvalue weighted by Crippen LogP contribution is 2.29. The van der Waals surface area contributed by atoms with Gasteiger partial charge in [-0.3, -0.25) is 0 Å². The zero-order valence-electron chi connectivity index (χ0n) is 11.6. The van der Waals surface area contributed by atoms with Gasteiger partial charge in [-0.2, -0.15) is 0 Å². The van der Waals surface area contributed by atoms with Gasteiger partial charge in [-0.05, 0) is 38.5 Å². The van der Waals surface area contributed by atoms with Crippen LogP contribution in [0.5, 0.6) is 0 Å². The van der Waals surface area contributed by atoms with E-state index < -0.39 is 12.0 Å². The Labute approximate surface area is 114 Å². The molecule has 0 aromatic carbocycles. The summed E-state index contributed by atoms with van der Waals surface area (Å²) in [4.78, 5) is 25.1. The molecule has 5 heteroatoms. The largest absolute Gasteiger partial charge is 0.480 e. The van der Waals surface area contributed by atoms with Crippen molar-refractivity contribution < 1.29 is 14.7 Å². The van der Waals surface area contributed by atoms with Gasteiger partial charge in [0.15, 0.2) is 0 Å². The number of carbonyl (C=O) groups excluding carboxylic acids is 1. The number of hydrogen-bond acceptors (Lipinski definition) is 2. The lowest BCUT2D eigenvalue weighted by molar-refractivity contribution is -0.142. The molecule has 1 heterocycles. The lowest BCUT2D eigenvalue weighted by atomic mass is 9.80. The average Bonchev–Trinajstić information content (AvgIpc) is 2.51. The van der Waals surface area contributed by atoms with Gasteiger partial charge in [0.1, 0.15) is 6.04 Å². The summed E-state index contributed by atoms with van der Waals surface area (Å²) in [5.41, 5.74) is 0. The SMILES string of the molecule is CC(NC(=O)N1CCCCCC1C(=O)O)C1CCC1. The zero-order valence-corrected chi connectivity index (χ0v) is 11.6. The van der Waals surface area contributed by atoms with Gasteiger partial charge >= 0.3 is 12.0 Å². The Morgan fingerprint density at radius 2 is 1.89 bits per heavy atom. The van der Waals surface area contributed by atoms with E-state index in [4.69, 9.17) is 0 Å². The molecule has 0 aromatic rings. The predicted octanol–water partition coefficient (Wildman–Crippen LogP) is 2.21. The van der Waals surface area contributed by atoms with Gasteiger partial charge in [0.25, 0.3) is 0 Å². The van der Waals surface area contributed by atoms with Gasteiger partial charge in [0.05, 0.1) is 0 Å². The fraction of sp³-hybridized carbons (Fsp3) is 0.857. The molecule has 2 fully saturated rings. The minimum atomic E-state index is -0.881. The molecule has 5 nitrogen and oxygen atoms in total. The highest BCUT2D eigenvalue weighted by Gasteiger charge is 2.33. The van der Waals surface area contributed by atoms with Crippen LogP contribution in [0.1, 0.15) is 51.9 Å². The van der Waals surface area contributed by atoms with Crippen LogP contribution in [0, 0.1) is 5.92 Å². The first-order valence-electron chi connectivity index (χ1n) is 7.39. The lowest BCUT2D eigenvalue weighted by Gasteiger charge is -2.34. The summed E-state index contributed by atoms with van der Waals surface area (Å²) in [6.45, 7) is 2.58. The molecule has 0 bridgehead atoms. The first-order valence-corrected chi connectivity index (χ1v) is 7.39. The van der Waals surface area contributed by atoms with Crippen molar-refractivity contribution in [1.29, 1.82) is 0 Å². The Bertz CT molecular complexity index is 342. The summed E-state index contributed by atoms with van der Waals surface area (Å²) in [6, 6.07) is -0.705. The number of likely N-dealkylation sites (tertiary alicyclic amines) is 1. The number of carbonyl (C=O) groups is 2. The van der Waals surface area contributed by atoms with Crippen LogP contribution in [0.3, 0.4) is 0 Å². The highest BCUT2D eigenvalue weighted by molar-refractivity contribution is 5.82. The number of carboxylic acids is 1. The molecule has 1 saturated heterocycles. The molecule has 19 heavy (non-hydrogen) atoms. The second kappa shape index (κ2) is 6.26. The van der Waals surface area contributed by atoms with Gasteiger partial charge in [-0.1, -0.05) is 19.3 Å². The molecule has 0 aromatic heterocycles. The Kier molecular flexibility index (Phi) is 4.66. The molecule has 2 amide bonds. The fourth-order valence-electron chi connectivity index (χ4n) is 2.94. The van der Waals surface area contributed by atoms with E-state index in [1.54, 1.807) is 0 Å². The minimum Gasteiger partial charge on any atom is -0.480 e. The third-order valence-electron chi connectivity index (χ3n) is 4.51. The molecule has 2 N–H and O–H groups in total. The number of hydrogen-bond donors (Lipinski definition) is 2. The van der Waals surface area contributed by atoms with Gasteiger partial charge < -0.3 is 15.3 Å². The number of nitrogens with zero attached hydrogens (tertiary/aromatic N) is 1. The van der Waals surface area contributed by atoms with Crippen molar-refractivity contribution in [3.63, 3.8) is 0 Å². The van der Waals surface area contributed by atoms with Gasteiger partial charge in [-0.25, -0.2) is 9.59 Å². The summed E-state index contributed by atoms with van der Waals surface area (Å²) in [5, 5.41) is 12.2. The zero-order chi connectivity index (χ0) is 13.8.